The summed E-state index contributed by atoms with van der Waals surface area (Å²) in [6, 6.07) is 8.16. The van der Waals surface area contributed by atoms with Crippen molar-refractivity contribution in [3.63, 3.8) is 0 Å². The standard InChI is InChI=1S/C14H11F2NOS/c1-8-2-4-10(15)12(6-8)17-14(18)9-3-5-11(16)13(19)7-9/h2-7,19H,1H3,(H,17,18). The number of carbonyl (C=O) groups excluding carboxylic acids is 1. The van der Waals surface area contributed by atoms with Gasteiger partial charge < -0.3 is 5.32 Å². The molecule has 2 nitrogen and oxygen atoms in total. The third kappa shape index (κ3) is 3.12. The van der Waals surface area contributed by atoms with E-state index in [1.54, 1.807) is 13.0 Å². The van der Waals surface area contributed by atoms with E-state index in [1.807, 2.05) is 0 Å². The smallest absolute Gasteiger partial charge is 0.255 e. The summed E-state index contributed by atoms with van der Waals surface area (Å²) in [6.07, 6.45) is 0. The molecule has 0 aliphatic carbocycles. The highest BCUT2D eigenvalue weighted by Gasteiger charge is 2.11. The third-order valence-corrected chi connectivity index (χ3v) is 2.92. The molecule has 0 saturated carbocycles. The molecule has 0 aliphatic heterocycles. The number of hydrogen-bond acceptors (Lipinski definition) is 2. The van der Waals surface area contributed by atoms with Gasteiger partial charge in [0, 0.05) is 10.5 Å². The Bertz CT molecular complexity index is 643. The van der Waals surface area contributed by atoms with E-state index < -0.39 is 17.5 Å². The molecule has 0 aromatic heterocycles. The molecule has 0 bridgehead atoms. The van der Waals surface area contributed by atoms with Crippen molar-refractivity contribution in [1.29, 1.82) is 0 Å². The molecule has 0 radical (unpaired) electrons. The summed E-state index contributed by atoms with van der Waals surface area (Å²) < 4.78 is 26.5. The van der Waals surface area contributed by atoms with E-state index in [4.69, 9.17) is 0 Å². The van der Waals surface area contributed by atoms with Crippen LogP contribution in [-0.4, -0.2) is 5.91 Å². The van der Waals surface area contributed by atoms with Crippen molar-refractivity contribution in [3.8, 4) is 0 Å². The van der Waals surface area contributed by atoms with E-state index in [1.165, 1.54) is 24.3 Å². The number of rotatable bonds is 2. The average Bonchev–Trinajstić information content (AvgIpc) is 2.37. The van der Waals surface area contributed by atoms with Gasteiger partial charge in [0.15, 0.2) is 0 Å². The van der Waals surface area contributed by atoms with Gasteiger partial charge in [0.1, 0.15) is 11.6 Å². The minimum atomic E-state index is -0.521. The van der Waals surface area contributed by atoms with E-state index in [-0.39, 0.29) is 16.1 Å². The van der Waals surface area contributed by atoms with Gasteiger partial charge in [0.25, 0.3) is 5.91 Å². The van der Waals surface area contributed by atoms with Crippen LogP contribution < -0.4 is 5.32 Å². The van der Waals surface area contributed by atoms with Crippen molar-refractivity contribution in [3.05, 3.63) is 59.2 Å². The van der Waals surface area contributed by atoms with Crippen molar-refractivity contribution in [2.24, 2.45) is 0 Å². The van der Waals surface area contributed by atoms with Gasteiger partial charge in [0.2, 0.25) is 0 Å². The number of hydrogen-bond donors (Lipinski definition) is 2. The second-order valence-electron chi connectivity index (χ2n) is 4.10. The molecule has 0 heterocycles. The normalized spacial score (nSPS) is 10.3. The van der Waals surface area contributed by atoms with Crippen molar-refractivity contribution in [2.45, 2.75) is 11.8 Å². The summed E-state index contributed by atoms with van der Waals surface area (Å²) in [4.78, 5) is 12.0. The lowest BCUT2D eigenvalue weighted by Gasteiger charge is -2.08. The van der Waals surface area contributed by atoms with E-state index in [0.29, 0.717) is 0 Å². The second kappa shape index (κ2) is 5.40. The van der Waals surface area contributed by atoms with Crippen LogP contribution in [0.2, 0.25) is 0 Å². The molecule has 0 fully saturated rings. The molecular weight excluding hydrogens is 268 g/mol. The maximum atomic E-state index is 13.5. The fourth-order valence-corrected chi connectivity index (χ4v) is 1.80. The van der Waals surface area contributed by atoms with Crippen LogP contribution in [-0.2, 0) is 0 Å². The molecule has 0 atom stereocenters. The topological polar surface area (TPSA) is 29.1 Å². The zero-order valence-electron chi connectivity index (χ0n) is 10.1. The first kappa shape index (κ1) is 13.5. The molecule has 2 rings (SSSR count). The van der Waals surface area contributed by atoms with Crippen LogP contribution in [0.5, 0.6) is 0 Å². The largest absolute Gasteiger partial charge is 0.319 e. The highest BCUT2D eigenvalue weighted by atomic mass is 32.1. The Hall–Kier alpha value is -1.88. The minimum absolute atomic E-state index is 0.0670. The summed E-state index contributed by atoms with van der Waals surface area (Å²) in [5, 5.41) is 2.44. The van der Waals surface area contributed by atoms with E-state index >= 15 is 0 Å². The molecule has 0 saturated heterocycles. The van der Waals surface area contributed by atoms with Gasteiger partial charge >= 0.3 is 0 Å². The minimum Gasteiger partial charge on any atom is -0.319 e. The van der Waals surface area contributed by atoms with Gasteiger partial charge in [0.05, 0.1) is 5.69 Å². The van der Waals surface area contributed by atoms with Gasteiger partial charge in [-0.1, -0.05) is 6.07 Å². The number of amides is 1. The van der Waals surface area contributed by atoms with Gasteiger partial charge in [-0.05, 0) is 42.8 Å². The number of anilines is 1. The van der Waals surface area contributed by atoms with E-state index in [9.17, 15) is 13.6 Å². The van der Waals surface area contributed by atoms with Crippen LogP contribution in [0.1, 0.15) is 15.9 Å². The molecular formula is C14H11F2NOS. The zero-order valence-corrected chi connectivity index (χ0v) is 11.0. The van der Waals surface area contributed by atoms with Crippen molar-refractivity contribution < 1.29 is 13.6 Å². The number of carbonyl (C=O) groups is 1. The maximum absolute atomic E-state index is 13.5. The molecule has 98 valence electrons. The molecule has 19 heavy (non-hydrogen) atoms. The van der Waals surface area contributed by atoms with Crippen LogP contribution in [0.15, 0.2) is 41.3 Å². The van der Waals surface area contributed by atoms with Gasteiger partial charge in [-0.2, -0.15) is 0 Å². The highest BCUT2D eigenvalue weighted by Crippen LogP contribution is 2.18. The lowest BCUT2D eigenvalue weighted by molar-refractivity contribution is 0.102. The Balaban J connectivity index is 2.25. The number of halogens is 2. The Morgan fingerprint density at radius 3 is 2.47 bits per heavy atom. The Labute approximate surface area is 114 Å². The third-order valence-electron chi connectivity index (χ3n) is 2.58. The lowest BCUT2D eigenvalue weighted by atomic mass is 10.2. The Morgan fingerprint density at radius 2 is 1.79 bits per heavy atom. The molecule has 2 aromatic rings. The van der Waals surface area contributed by atoms with Crippen LogP contribution in [0, 0.1) is 18.6 Å². The van der Waals surface area contributed by atoms with Gasteiger partial charge in [-0.15, -0.1) is 12.6 Å². The summed E-state index contributed by atoms with van der Waals surface area (Å²) in [5.41, 5.74) is 1.13. The van der Waals surface area contributed by atoms with Gasteiger partial charge in [-0.25, -0.2) is 8.78 Å². The number of aryl methyl sites for hydroxylation is 1. The predicted octanol–water partition coefficient (Wildman–Crippen LogP) is 3.81. The van der Waals surface area contributed by atoms with Crippen molar-refractivity contribution >= 4 is 24.2 Å². The monoisotopic (exact) mass is 279 g/mol. The summed E-state index contributed by atoms with van der Waals surface area (Å²) >= 11 is 3.90. The fraction of sp³-hybridized carbons (Fsp3) is 0.0714. The van der Waals surface area contributed by atoms with E-state index in [2.05, 4.69) is 17.9 Å². The second-order valence-corrected chi connectivity index (χ2v) is 4.59. The first-order valence-corrected chi connectivity index (χ1v) is 5.98. The summed E-state index contributed by atoms with van der Waals surface area (Å²) in [5.74, 6) is -1.55. The van der Waals surface area contributed by atoms with Crippen molar-refractivity contribution in [2.75, 3.05) is 5.32 Å². The molecule has 5 heteroatoms. The van der Waals surface area contributed by atoms with Gasteiger partial charge in [-0.3, -0.25) is 4.79 Å². The number of thiol groups is 1. The van der Waals surface area contributed by atoms with Crippen LogP contribution >= 0.6 is 12.6 Å². The van der Waals surface area contributed by atoms with Crippen LogP contribution in [0.4, 0.5) is 14.5 Å². The number of benzene rings is 2. The highest BCUT2D eigenvalue weighted by molar-refractivity contribution is 7.80. The molecule has 0 aliphatic rings. The fourth-order valence-electron chi connectivity index (χ4n) is 1.58. The SMILES string of the molecule is Cc1ccc(F)c(NC(=O)c2ccc(F)c(S)c2)c1. The van der Waals surface area contributed by atoms with Crippen LogP contribution in [0.25, 0.3) is 0 Å². The van der Waals surface area contributed by atoms with E-state index in [0.717, 1.165) is 11.6 Å². The lowest BCUT2D eigenvalue weighted by Crippen LogP contribution is -2.13. The van der Waals surface area contributed by atoms with Crippen molar-refractivity contribution in [1.82, 2.24) is 0 Å². The maximum Gasteiger partial charge on any atom is 0.255 e. The predicted molar refractivity (Wildman–Crippen MR) is 72.7 cm³/mol. The quantitative estimate of drug-likeness (QED) is 0.804. The first-order valence-electron chi connectivity index (χ1n) is 5.53. The molecule has 2 aromatic carbocycles. The molecule has 0 unspecified atom stereocenters. The summed E-state index contributed by atoms with van der Waals surface area (Å²) in [7, 11) is 0. The number of nitrogens with one attached hydrogen (secondary N) is 1. The molecule has 1 N–H and O–H groups in total. The zero-order chi connectivity index (χ0) is 14.0. The summed E-state index contributed by atoms with van der Waals surface area (Å²) in [6.45, 7) is 1.79. The average molecular weight is 279 g/mol. The molecule has 0 spiro atoms. The molecule has 1 amide bonds. The van der Waals surface area contributed by atoms with Crippen LogP contribution in [0.3, 0.4) is 0 Å². The Morgan fingerprint density at radius 1 is 1.11 bits per heavy atom. The first-order chi connectivity index (χ1) is 8.97. The Kier molecular flexibility index (Phi) is 3.85.